The number of aryl methyl sites for hydroxylation is 1. The first-order chi connectivity index (χ1) is 6.06. The second kappa shape index (κ2) is 3.58. The second-order valence-electron chi connectivity index (χ2n) is 3.20. The lowest BCUT2D eigenvalue weighted by Gasteiger charge is -2.14. The highest BCUT2D eigenvalue weighted by Crippen LogP contribution is 2.12. The summed E-state index contributed by atoms with van der Waals surface area (Å²) in [5.41, 5.74) is 1.27. The highest BCUT2D eigenvalue weighted by atomic mass is 16.3. The lowest BCUT2D eigenvalue weighted by atomic mass is 10.2. The van der Waals surface area contributed by atoms with Gasteiger partial charge in [-0.3, -0.25) is 4.68 Å². The summed E-state index contributed by atoms with van der Waals surface area (Å²) in [5.74, 6) is 0. The van der Waals surface area contributed by atoms with Crippen LogP contribution >= 0.6 is 0 Å². The van der Waals surface area contributed by atoms with Crippen molar-refractivity contribution in [3.63, 3.8) is 0 Å². The number of aromatic nitrogens is 2. The average Bonchev–Trinajstić information content (AvgIpc) is 2.45. The Hall–Kier alpha value is -1.34. The molecular weight excluding hydrogens is 166 g/mol. The molecule has 0 fully saturated rings. The zero-order valence-corrected chi connectivity index (χ0v) is 8.02. The third-order valence-corrected chi connectivity index (χ3v) is 2.15. The van der Waals surface area contributed by atoms with Crippen LogP contribution in [0, 0.1) is 18.3 Å². The van der Waals surface area contributed by atoms with Crippen molar-refractivity contribution in [2.75, 3.05) is 0 Å². The fraction of sp³-hybridized carbons (Fsp3) is 0.556. The molecule has 4 heteroatoms. The first-order valence-electron chi connectivity index (χ1n) is 4.20. The van der Waals surface area contributed by atoms with E-state index in [-0.39, 0.29) is 6.04 Å². The van der Waals surface area contributed by atoms with Crippen molar-refractivity contribution >= 4 is 0 Å². The summed E-state index contributed by atoms with van der Waals surface area (Å²) in [6.07, 6.45) is 1.19. The summed E-state index contributed by atoms with van der Waals surface area (Å²) < 4.78 is 1.62. The fourth-order valence-electron chi connectivity index (χ4n) is 1.02. The molecule has 0 spiro atoms. The van der Waals surface area contributed by atoms with Crippen LogP contribution in [0.2, 0.25) is 0 Å². The summed E-state index contributed by atoms with van der Waals surface area (Å²) in [6, 6.07) is 1.95. The van der Waals surface area contributed by atoms with E-state index in [9.17, 15) is 5.11 Å². The summed E-state index contributed by atoms with van der Waals surface area (Å²) >= 11 is 0. The molecule has 1 N–H and O–H groups in total. The SMILES string of the molecule is Cc1nn(C(C)C(C)O)cc1C#N. The Morgan fingerprint density at radius 1 is 1.62 bits per heavy atom. The highest BCUT2D eigenvalue weighted by Gasteiger charge is 2.13. The van der Waals surface area contributed by atoms with Gasteiger partial charge in [-0.2, -0.15) is 10.4 Å². The number of nitriles is 1. The van der Waals surface area contributed by atoms with Gasteiger partial charge in [0.15, 0.2) is 0 Å². The molecule has 0 aliphatic carbocycles. The van der Waals surface area contributed by atoms with Gasteiger partial charge in [0.1, 0.15) is 6.07 Å². The van der Waals surface area contributed by atoms with Gasteiger partial charge in [-0.05, 0) is 20.8 Å². The quantitative estimate of drug-likeness (QED) is 0.736. The van der Waals surface area contributed by atoms with Crippen molar-refractivity contribution in [1.82, 2.24) is 9.78 Å². The Labute approximate surface area is 77.4 Å². The average molecular weight is 179 g/mol. The van der Waals surface area contributed by atoms with E-state index >= 15 is 0 Å². The van der Waals surface area contributed by atoms with Gasteiger partial charge in [0.05, 0.1) is 23.4 Å². The Bertz CT molecular complexity index is 335. The van der Waals surface area contributed by atoms with Crippen molar-refractivity contribution in [2.45, 2.75) is 32.9 Å². The van der Waals surface area contributed by atoms with E-state index in [1.807, 2.05) is 13.0 Å². The number of aliphatic hydroxyl groups is 1. The molecule has 0 bridgehead atoms. The minimum Gasteiger partial charge on any atom is -0.391 e. The molecule has 0 aliphatic rings. The molecule has 2 unspecified atom stereocenters. The molecular formula is C9H13N3O. The van der Waals surface area contributed by atoms with E-state index in [4.69, 9.17) is 5.26 Å². The van der Waals surface area contributed by atoms with Crippen LogP contribution in [0.1, 0.15) is 31.1 Å². The lowest BCUT2D eigenvalue weighted by molar-refractivity contribution is 0.132. The maximum atomic E-state index is 9.30. The van der Waals surface area contributed by atoms with Crippen molar-refractivity contribution in [1.29, 1.82) is 5.26 Å². The van der Waals surface area contributed by atoms with E-state index in [0.29, 0.717) is 11.3 Å². The van der Waals surface area contributed by atoms with Gasteiger partial charge < -0.3 is 5.11 Å². The third-order valence-electron chi connectivity index (χ3n) is 2.15. The topological polar surface area (TPSA) is 61.8 Å². The lowest BCUT2D eigenvalue weighted by Crippen LogP contribution is -2.18. The molecule has 0 saturated carbocycles. The van der Waals surface area contributed by atoms with Gasteiger partial charge in [-0.1, -0.05) is 0 Å². The summed E-state index contributed by atoms with van der Waals surface area (Å²) in [4.78, 5) is 0. The normalized spacial score (nSPS) is 15.0. The Balaban J connectivity index is 2.98. The number of hydrogen-bond acceptors (Lipinski definition) is 3. The molecule has 1 aromatic heterocycles. The molecule has 0 aromatic carbocycles. The Morgan fingerprint density at radius 2 is 2.23 bits per heavy atom. The van der Waals surface area contributed by atoms with E-state index in [1.165, 1.54) is 0 Å². The van der Waals surface area contributed by atoms with Crippen molar-refractivity contribution in [3.8, 4) is 6.07 Å². The van der Waals surface area contributed by atoms with Crippen molar-refractivity contribution in [3.05, 3.63) is 17.5 Å². The maximum absolute atomic E-state index is 9.30. The number of rotatable bonds is 2. The van der Waals surface area contributed by atoms with Crippen LogP contribution in [0.4, 0.5) is 0 Å². The van der Waals surface area contributed by atoms with Crippen LogP contribution in [-0.4, -0.2) is 21.0 Å². The van der Waals surface area contributed by atoms with Gasteiger partial charge in [0.2, 0.25) is 0 Å². The molecule has 0 radical (unpaired) electrons. The van der Waals surface area contributed by atoms with Gasteiger partial charge in [-0.25, -0.2) is 0 Å². The van der Waals surface area contributed by atoms with E-state index in [2.05, 4.69) is 5.10 Å². The largest absolute Gasteiger partial charge is 0.391 e. The minimum absolute atomic E-state index is 0.0965. The molecule has 0 amide bonds. The van der Waals surface area contributed by atoms with Gasteiger partial charge >= 0.3 is 0 Å². The monoisotopic (exact) mass is 179 g/mol. The molecule has 4 nitrogen and oxygen atoms in total. The molecule has 0 aliphatic heterocycles. The molecule has 1 rings (SSSR count). The van der Waals surface area contributed by atoms with Crippen LogP contribution in [-0.2, 0) is 0 Å². The summed E-state index contributed by atoms with van der Waals surface area (Å²) in [5, 5.41) is 22.1. The van der Waals surface area contributed by atoms with E-state index in [0.717, 1.165) is 0 Å². The standard InChI is InChI=1S/C9H13N3O/c1-6-9(4-10)5-12(11-6)7(2)8(3)13/h5,7-8,13H,1-3H3. The molecule has 70 valence electrons. The molecule has 2 atom stereocenters. The Kier molecular flexibility index (Phi) is 2.69. The fourth-order valence-corrected chi connectivity index (χ4v) is 1.02. The van der Waals surface area contributed by atoms with Gasteiger partial charge in [-0.15, -0.1) is 0 Å². The zero-order valence-electron chi connectivity index (χ0n) is 8.02. The van der Waals surface area contributed by atoms with Crippen LogP contribution in [0.25, 0.3) is 0 Å². The second-order valence-corrected chi connectivity index (χ2v) is 3.20. The highest BCUT2D eigenvalue weighted by molar-refractivity contribution is 5.29. The van der Waals surface area contributed by atoms with Crippen LogP contribution < -0.4 is 0 Å². The zero-order chi connectivity index (χ0) is 10.0. The molecule has 13 heavy (non-hydrogen) atoms. The van der Waals surface area contributed by atoms with Gasteiger partial charge in [0, 0.05) is 6.20 Å². The van der Waals surface area contributed by atoms with Crippen LogP contribution in [0.5, 0.6) is 0 Å². The minimum atomic E-state index is -0.467. The number of aliphatic hydroxyl groups excluding tert-OH is 1. The number of nitrogens with zero attached hydrogens (tertiary/aromatic N) is 3. The third kappa shape index (κ3) is 1.87. The first-order valence-corrected chi connectivity index (χ1v) is 4.20. The smallest absolute Gasteiger partial charge is 0.103 e. The predicted octanol–water partition coefficient (Wildman–Crippen LogP) is 1.00. The molecule has 0 saturated heterocycles. The number of hydrogen-bond donors (Lipinski definition) is 1. The van der Waals surface area contributed by atoms with Crippen molar-refractivity contribution < 1.29 is 5.11 Å². The maximum Gasteiger partial charge on any atom is 0.103 e. The molecule has 1 aromatic rings. The molecule has 1 heterocycles. The van der Waals surface area contributed by atoms with E-state index in [1.54, 1.807) is 24.7 Å². The first kappa shape index (κ1) is 9.75. The van der Waals surface area contributed by atoms with Crippen molar-refractivity contribution in [2.24, 2.45) is 0 Å². The van der Waals surface area contributed by atoms with E-state index < -0.39 is 6.10 Å². The summed E-state index contributed by atoms with van der Waals surface area (Å²) in [6.45, 7) is 5.34. The Morgan fingerprint density at radius 3 is 2.62 bits per heavy atom. The summed E-state index contributed by atoms with van der Waals surface area (Å²) in [7, 11) is 0. The van der Waals surface area contributed by atoms with Crippen LogP contribution in [0.15, 0.2) is 6.20 Å². The van der Waals surface area contributed by atoms with Crippen LogP contribution in [0.3, 0.4) is 0 Å². The predicted molar refractivity (Wildman–Crippen MR) is 48.1 cm³/mol. The van der Waals surface area contributed by atoms with Gasteiger partial charge in [0.25, 0.3) is 0 Å².